The van der Waals surface area contributed by atoms with Gasteiger partial charge >= 0.3 is 0 Å². The first-order chi connectivity index (χ1) is 9.61. The van der Waals surface area contributed by atoms with E-state index >= 15 is 0 Å². The third kappa shape index (κ3) is 3.21. The molecule has 2 nitrogen and oxygen atoms in total. The summed E-state index contributed by atoms with van der Waals surface area (Å²) in [5.74, 6) is 1.20. The lowest BCUT2D eigenvalue weighted by atomic mass is 9.91. The average molecular weight is 268 g/mol. The zero-order valence-corrected chi connectivity index (χ0v) is 12.1. The normalized spacial score (nSPS) is 13.1. The predicted octanol–water partition coefficient (Wildman–Crippen LogP) is 4.61. The molecular formula is C18H20O2. The van der Waals surface area contributed by atoms with Crippen LogP contribution in [0.3, 0.4) is 0 Å². The molecule has 0 amide bonds. The van der Waals surface area contributed by atoms with E-state index in [0.717, 1.165) is 11.3 Å². The van der Waals surface area contributed by atoms with E-state index in [0.29, 0.717) is 5.75 Å². The van der Waals surface area contributed by atoms with E-state index in [1.807, 2.05) is 24.3 Å². The Bertz CT molecular complexity index is 600. The molecule has 2 rings (SSSR count). The van der Waals surface area contributed by atoms with Crippen LogP contribution in [0.1, 0.15) is 30.9 Å². The van der Waals surface area contributed by atoms with Gasteiger partial charge in [-0.1, -0.05) is 48.9 Å². The molecule has 2 aromatic rings. The van der Waals surface area contributed by atoms with Crippen LogP contribution >= 0.6 is 0 Å². The van der Waals surface area contributed by atoms with Crippen LogP contribution in [-0.4, -0.2) is 12.2 Å². The van der Waals surface area contributed by atoms with E-state index in [4.69, 9.17) is 4.74 Å². The number of hydrogen-bond acceptors (Lipinski definition) is 2. The van der Waals surface area contributed by atoms with E-state index in [1.54, 1.807) is 19.2 Å². The number of ether oxygens (including phenoxy) is 1. The highest BCUT2D eigenvalue weighted by atomic mass is 16.5. The molecule has 1 atom stereocenters. The predicted molar refractivity (Wildman–Crippen MR) is 83.2 cm³/mol. The Morgan fingerprint density at radius 1 is 1.15 bits per heavy atom. The molecule has 20 heavy (non-hydrogen) atoms. The van der Waals surface area contributed by atoms with Crippen molar-refractivity contribution in [3.63, 3.8) is 0 Å². The van der Waals surface area contributed by atoms with Crippen LogP contribution in [0.4, 0.5) is 0 Å². The van der Waals surface area contributed by atoms with Gasteiger partial charge in [-0.25, -0.2) is 0 Å². The van der Waals surface area contributed by atoms with E-state index in [-0.39, 0.29) is 5.92 Å². The zero-order valence-electron chi connectivity index (χ0n) is 12.1. The molecule has 0 spiro atoms. The Labute approximate surface area is 120 Å². The minimum Gasteiger partial charge on any atom is -0.508 e. The summed E-state index contributed by atoms with van der Waals surface area (Å²) in [4.78, 5) is 0. The lowest BCUT2D eigenvalue weighted by Crippen LogP contribution is -1.97. The van der Waals surface area contributed by atoms with Gasteiger partial charge in [0.05, 0.1) is 7.11 Å². The van der Waals surface area contributed by atoms with Gasteiger partial charge in [-0.3, -0.25) is 0 Å². The summed E-state index contributed by atoms with van der Waals surface area (Å²) in [6.07, 6.45) is 2.14. The first kappa shape index (κ1) is 14.2. The molecule has 0 bridgehead atoms. The summed E-state index contributed by atoms with van der Waals surface area (Å²) >= 11 is 0. The standard InChI is InChI=1S/C18H20O2/c1-13(11-15-7-5-4-6-8-15)14(2)17-12-16(20-3)9-10-18(17)19/h4-12,14,19H,1-3H3/b13-11-. The number of allylic oxidation sites excluding steroid dienone is 1. The fraction of sp³-hybridized carbons (Fsp3) is 0.222. The van der Waals surface area contributed by atoms with Crippen LogP contribution in [0.25, 0.3) is 6.08 Å². The molecule has 1 unspecified atom stereocenters. The van der Waals surface area contributed by atoms with Gasteiger partial charge in [-0.05, 0) is 30.7 Å². The number of rotatable bonds is 4. The van der Waals surface area contributed by atoms with Gasteiger partial charge in [-0.2, -0.15) is 0 Å². The molecule has 2 heteroatoms. The SMILES string of the molecule is COc1ccc(O)c(C(C)/C(C)=C\c2ccccc2)c1. The molecule has 0 radical (unpaired) electrons. The maximum absolute atomic E-state index is 10.0. The number of phenols is 1. The average Bonchev–Trinajstić information content (AvgIpc) is 2.48. The first-order valence-corrected chi connectivity index (χ1v) is 6.72. The highest BCUT2D eigenvalue weighted by Crippen LogP contribution is 2.34. The van der Waals surface area contributed by atoms with Crippen molar-refractivity contribution in [1.29, 1.82) is 0 Å². The largest absolute Gasteiger partial charge is 0.508 e. The molecule has 0 aromatic heterocycles. The summed E-state index contributed by atoms with van der Waals surface area (Å²) in [6, 6.07) is 15.5. The van der Waals surface area contributed by atoms with Crippen molar-refractivity contribution in [2.24, 2.45) is 0 Å². The van der Waals surface area contributed by atoms with Crippen molar-refractivity contribution >= 4 is 6.08 Å². The summed E-state index contributed by atoms with van der Waals surface area (Å²) in [5, 5.41) is 10.0. The van der Waals surface area contributed by atoms with Gasteiger partial charge in [0.2, 0.25) is 0 Å². The third-order valence-electron chi connectivity index (χ3n) is 3.58. The second kappa shape index (κ2) is 6.29. The molecule has 0 aliphatic heterocycles. The number of methoxy groups -OCH3 is 1. The maximum atomic E-state index is 10.0. The summed E-state index contributed by atoms with van der Waals surface area (Å²) in [6.45, 7) is 4.17. The molecule has 1 N–H and O–H groups in total. The Morgan fingerprint density at radius 3 is 2.50 bits per heavy atom. The van der Waals surface area contributed by atoms with E-state index in [2.05, 4.69) is 32.1 Å². The minimum absolute atomic E-state index is 0.130. The molecule has 0 heterocycles. The van der Waals surface area contributed by atoms with E-state index in [1.165, 1.54) is 11.1 Å². The molecule has 0 aliphatic rings. The lowest BCUT2D eigenvalue weighted by molar-refractivity contribution is 0.410. The van der Waals surface area contributed by atoms with Crippen molar-refractivity contribution in [3.8, 4) is 11.5 Å². The quantitative estimate of drug-likeness (QED) is 0.877. The van der Waals surface area contributed by atoms with Crippen LogP contribution < -0.4 is 4.74 Å². The molecule has 0 saturated carbocycles. The molecular weight excluding hydrogens is 248 g/mol. The third-order valence-corrected chi connectivity index (χ3v) is 3.58. The number of hydrogen-bond donors (Lipinski definition) is 1. The van der Waals surface area contributed by atoms with Gasteiger partial charge in [-0.15, -0.1) is 0 Å². The van der Waals surface area contributed by atoms with Crippen molar-refractivity contribution in [1.82, 2.24) is 0 Å². The van der Waals surface area contributed by atoms with Gasteiger partial charge in [0, 0.05) is 11.5 Å². The Morgan fingerprint density at radius 2 is 1.85 bits per heavy atom. The number of phenolic OH excluding ortho intramolecular Hbond substituents is 1. The molecule has 0 saturated heterocycles. The Hall–Kier alpha value is -2.22. The minimum atomic E-state index is 0.130. The van der Waals surface area contributed by atoms with Crippen molar-refractivity contribution in [2.45, 2.75) is 19.8 Å². The van der Waals surface area contributed by atoms with Crippen molar-refractivity contribution in [2.75, 3.05) is 7.11 Å². The molecule has 0 aliphatic carbocycles. The van der Waals surface area contributed by atoms with Crippen molar-refractivity contribution < 1.29 is 9.84 Å². The lowest BCUT2D eigenvalue weighted by Gasteiger charge is -2.16. The highest BCUT2D eigenvalue weighted by Gasteiger charge is 2.13. The van der Waals surface area contributed by atoms with Crippen LogP contribution in [0, 0.1) is 0 Å². The molecule has 104 valence electrons. The van der Waals surface area contributed by atoms with Crippen LogP contribution in [0.2, 0.25) is 0 Å². The number of aromatic hydroxyl groups is 1. The number of benzene rings is 2. The smallest absolute Gasteiger partial charge is 0.119 e. The monoisotopic (exact) mass is 268 g/mol. The highest BCUT2D eigenvalue weighted by molar-refractivity contribution is 5.56. The summed E-state index contributed by atoms with van der Waals surface area (Å²) in [7, 11) is 1.63. The van der Waals surface area contributed by atoms with Crippen LogP contribution in [0.5, 0.6) is 11.5 Å². The fourth-order valence-electron chi connectivity index (χ4n) is 2.19. The first-order valence-electron chi connectivity index (χ1n) is 6.72. The van der Waals surface area contributed by atoms with Gasteiger partial charge in [0.25, 0.3) is 0 Å². The summed E-state index contributed by atoms with van der Waals surface area (Å²) < 4.78 is 5.23. The Balaban J connectivity index is 2.31. The van der Waals surface area contributed by atoms with Crippen LogP contribution in [-0.2, 0) is 0 Å². The zero-order chi connectivity index (χ0) is 14.5. The maximum Gasteiger partial charge on any atom is 0.119 e. The van der Waals surface area contributed by atoms with Gasteiger partial charge < -0.3 is 9.84 Å². The fourth-order valence-corrected chi connectivity index (χ4v) is 2.19. The Kier molecular flexibility index (Phi) is 4.46. The second-order valence-corrected chi connectivity index (χ2v) is 4.95. The van der Waals surface area contributed by atoms with E-state index in [9.17, 15) is 5.11 Å². The second-order valence-electron chi connectivity index (χ2n) is 4.95. The van der Waals surface area contributed by atoms with Crippen LogP contribution in [0.15, 0.2) is 54.1 Å². The molecule has 0 fully saturated rings. The van der Waals surface area contributed by atoms with Gasteiger partial charge in [0.15, 0.2) is 0 Å². The van der Waals surface area contributed by atoms with Gasteiger partial charge in [0.1, 0.15) is 11.5 Å². The topological polar surface area (TPSA) is 29.5 Å². The summed E-state index contributed by atoms with van der Waals surface area (Å²) in [5.41, 5.74) is 3.24. The van der Waals surface area contributed by atoms with E-state index < -0.39 is 0 Å². The molecule has 2 aromatic carbocycles. The van der Waals surface area contributed by atoms with Crippen molar-refractivity contribution in [3.05, 3.63) is 65.2 Å².